The number of carbonyl (C=O) groups is 1. The number of rotatable bonds is 3. The lowest BCUT2D eigenvalue weighted by Gasteiger charge is -2.48. The van der Waals surface area contributed by atoms with Gasteiger partial charge in [-0.1, -0.05) is 0 Å². The maximum Gasteiger partial charge on any atom is 0.404 e. The van der Waals surface area contributed by atoms with E-state index >= 15 is 0 Å². The van der Waals surface area contributed by atoms with Crippen LogP contribution in [0.5, 0.6) is 0 Å². The number of carboxylic acid groups (broad SMARTS) is 1. The highest BCUT2D eigenvalue weighted by Gasteiger charge is 2.38. The maximum atomic E-state index is 10.6. The predicted octanol–water partition coefficient (Wildman–Crippen LogP) is 2.07. The second-order valence-electron chi connectivity index (χ2n) is 6.14. The average Bonchev–Trinajstić information content (AvgIpc) is 2.40. The summed E-state index contributed by atoms with van der Waals surface area (Å²) in [6.07, 6.45) is 6.03. The van der Waals surface area contributed by atoms with Crippen molar-refractivity contribution >= 4 is 6.09 Å². The first-order chi connectivity index (χ1) is 9.03. The number of ether oxygens (including phenoxy) is 1. The summed E-state index contributed by atoms with van der Waals surface area (Å²) in [6.45, 7) is 4.35. The van der Waals surface area contributed by atoms with Crippen molar-refractivity contribution in [2.24, 2.45) is 0 Å². The van der Waals surface area contributed by atoms with Gasteiger partial charge in [-0.25, -0.2) is 4.79 Å². The van der Waals surface area contributed by atoms with Crippen molar-refractivity contribution in [1.82, 2.24) is 10.2 Å². The number of amides is 1. The van der Waals surface area contributed by atoms with Gasteiger partial charge in [-0.15, -0.1) is 0 Å². The zero-order chi connectivity index (χ0) is 13.9. The third-order valence-corrected chi connectivity index (χ3v) is 4.93. The molecule has 110 valence electrons. The van der Waals surface area contributed by atoms with E-state index in [1.807, 2.05) is 0 Å². The minimum Gasteiger partial charge on any atom is -0.465 e. The topological polar surface area (TPSA) is 61.8 Å². The van der Waals surface area contributed by atoms with Gasteiger partial charge < -0.3 is 15.2 Å². The van der Waals surface area contributed by atoms with Gasteiger partial charge in [-0.2, -0.15) is 0 Å². The summed E-state index contributed by atoms with van der Waals surface area (Å²) < 4.78 is 5.44. The van der Waals surface area contributed by atoms with E-state index in [0.29, 0.717) is 6.10 Å². The Morgan fingerprint density at radius 2 is 1.84 bits per heavy atom. The lowest BCUT2D eigenvalue weighted by Crippen LogP contribution is -2.55. The molecule has 19 heavy (non-hydrogen) atoms. The molecule has 0 aromatic heterocycles. The van der Waals surface area contributed by atoms with Crippen molar-refractivity contribution in [3.05, 3.63) is 0 Å². The zero-order valence-electron chi connectivity index (χ0n) is 12.0. The molecule has 0 unspecified atom stereocenters. The van der Waals surface area contributed by atoms with Crippen LogP contribution in [0.4, 0.5) is 4.79 Å². The van der Waals surface area contributed by atoms with Crippen molar-refractivity contribution in [3.63, 3.8) is 0 Å². The fourth-order valence-corrected chi connectivity index (χ4v) is 3.50. The second-order valence-corrected chi connectivity index (χ2v) is 6.14. The highest BCUT2D eigenvalue weighted by atomic mass is 16.5. The Balaban J connectivity index is 1.82. The number of hydrogen-bond acceptors (Lipinski definition) is 3. The molecule has 5 heteroatoms. The largest absolute Gasteiger partial charge is 0.465 e. The molecule has 0 spiro atoms. The number of piperidine rings is 1. The Bertz CT molecular complexity index is 306. The molecule has 2 fully saturated rings. The van der Waals surface area contributed by atoms with E-state index in [0.717, 1.165) is 38.8 Å². The van der Waals surface area contributed by atoms with Gasteiger partial charge >= 0.3 is 6.09 Å². The number of methoxy groups -OCH3 is 1. The molecule has 5 nitrogen and oxygen atoms in total. The van der Waals surface area contributed by atoms with E-state index in [4.69, 9.17) is 9.84 Å². The van der Waals surface area contributed by atoms with Gasteiger partial charge in [0.05, 0.1) is 6.10 Å². The second kappa shape index (κ2) is 6.09. The molecular formula is C14H26N2O3. The average molecular weight is 270 g/mol. The normalized spacial score (nSPS) is 34.1. The zero-order valence-corrected chi connectivity index (χ0v) is 12.0. The van der Waals surface area contributed by atoms with Crippen molar-refractivity contribution in [1.29, 1.82) is 0 Å². The third kappa shape index (κ3) is 3.60. The van der Waals surface area contributed by atoms with Crippen LogP contribution in [-0.2, 0) is 4.74 Å². The smallest absolute Gasteiger partial charge is 0.404 e. The molecule has 0 aromatic rings. The first-order valence-corrected chi connectivity index (χ1v) is 7.31. The lowest BCUT2D eigenvalue weighted by molar-refractivity contribution is -0.0125. The number of nitrogens with one attached hydrogen (secondary N) is 1. The first kappa shape index (κ1) is 14.6. The number of likely N-dealkylation sites (tertiary alicyclic amines) is 1. The Hall–Kier alpha value is -0.810. The van der Waals surface area contributed by atoms with E-state index in [-0.39, 0.29) is 11.6 Å². The predicted molar refractivity (Wildman–Crippen MR) is 73.4 cm³/mol. The van der Waals surface area contributed by atoms with Gasteiger partial charge in [0, 0.05) is 31.8 Å². The highest BCUT2D eigenvalue weighted by molar-refractivity contribution is 5.64. The van der Waals surface area contributed by atoms with Crippen LogP contribution in [0.15, 0.2) is 0 Å². The van der Waals surface area contributed by atoms with E-state index in [1.54, 1.807) is 7.11 Å². The van der Waals surface area contributed by atoms with Crippen molar-refractivity contribution < 1.29 is 14.6 Å². The van der Waals surface area contributed by atoms with Crippen LogP contribution in [0.1, 0.15) is 45.4 Å². The molecule has 0 bridgehead atoms. The third-order valence-electron chi connectivity index (χ3n) is 4.93. The summed E-state index contributed by atoms with van der Waals surface area (Å²) in [5.41, 5.74) is 0.281. The molecule has 2 rings (SSSR count). The van der Waals surface area contributed by atoms with Gasteiger partial charge in [0.1, 0.15) is 0 Å². The Morgan fingerprint density at radius 3 is 2.32 bits per heavy atom. The quantitative estimate of drug-likeness (QED) is 0.824. The molecule has 2 aliphatic rings. The van der Waals surface area contributed by atoms with Crippen LogP contribution in [0.25, 0.3) is 0 Å². The molecule has 1 aliphatic carbocycles. The molecule has 1 amide bonds. The van der Waals surface area contributed by atoms with Gasteiger partial charge in [-0.3, -0.25) is 4.90 Å². The van der Waals surface area contributed by atoms with Crippen LogP contribution < -0.4 is 5.32 Å². The molecule has 0 atom stereocenters. The van der Waals surface area contributed by atoms with Crippen LogP contribution in [0.2, 0.25) is 0 Å². The summed E-state index contributed by atoms with van der Waals surface area (Å²) in [7, 11) is 1.80. The number of hydrogen-bond donors (Lipinski definition) is 2. The molecule has 1 heterocycles. The summed E-state index contributed by atoms with van der Waals surface area (Å²) >= 11 is 0. The Labute approximate surface area is 115 Å². The van der Waals surface area contributed by atoms with E-state index in [2.05, 4.69) is 17.1 Å². The highest BCUT2D eigenvalue weighted by Crippen LogP contribution is 2.35. The van der Waals surface area contributed by atoms with Crippen LogP contribution in [-0.4, -0.2) is 54.0 Å². The lowest BCUT2D eigenvalue weighted by atomic mass is 9.79. The van der Waals surface area contributed by atoms with Crippen LogP contribution >= 0.6 is 0 Å². The minimum atomic E-state index is -0.898. The molecule has 1 aliphatic heterocycles. The SMILES string of the molecule is COC1CCC(C)(N2CCC(NC(=O)O)CC2)CC1. The van der Waals surface area contributed by atoms with Gasteiger partial charge in [-0.05, 0) is 45.4 Å². The minimum absolute atomic E-state index is 0.132. The van der Waals surface area contributed by atoms with Gasteiger partial charge in [0.15, 0.2) is 0 Å². The van der Waals surface area contributed by atoms with Gasteiger partial charge in [0.25, 0.3) is 0 Å². The molecular weight excluding hydrogens is 244 g/mol. The van der Waals surface area contributed by atoms with Crippen molar-refractivity contribution in [3.8, 4) is 0 Å². The molecule has 1 saturated heterocycles. The van der Waals surface area contributed by atoms with Crippen LogP contribution in [0, 0.1) is 0 Å². The van der Waals surface area contributed by atoms with Crippen LogP contribution in [0.3, 0.4) is 0 Å². The molecule has 1 saturated carbocycles. The van der Waals surface area contributed by atoms with Crippen molar-refractivity contribution in [2.75, 3.05) is 20.2 Å². The summed E-state index contributed by atoms with van der Waals surface area (Å²) in [6, 6.07) is 0.132. The number of nitrogens with zero attached hydrogens (tertiary/aromatic N) is 1. The molecule has 2 N–H and O–H groups in total. The van der Waals surface area contributed by atoms with E-state index in [1.165, 1.54) is 12.8 Å². The van der Waals surface area contributed by atoms with Crippen molar-refractivity contribution in [2.45, 2.75) is 63.1 Å². The Kier molecular flexibility index (Phi) is 4.68. The molecule has 0 radical (unpaired) electrons. The van der Waals surface area contributed by atoms with E-state index < -0.39 is 6.09 Å². The van der Waals surface area contributed by atoms with E-state index in [9.17, 15) is 4.79 Å². The summed E-state index contributed by atoms with van der Waals surface area (Å²) in [5.74, 6) is 0. The van der Waals surface area contributed by atoms with Gasteiger partial charge in [0.2, 0.25) is 0 Å². The fourth-order valence-electron chi connectivity index (χ4n) is 3.50. The monoisotopic (exact) mass is 270 g/mol. The molecule has 0 aromatic carbocycles. The maximum absolute atomic E-state index is 10.6. The Morgan fingerprint density at radius 1 is 1.26 bits per heavy atom. The summed E-state index contributed by atoms with van der Waals surface area (Å²) in [4.78, 5) is 13.2. The first-order valence-electron chi connectivity index (χ1n) is 7.31. The summed E-state index contributed by atoms with van der Waals surface area (Å²) in [5, 5.41) is 11.4. The fraction of sp³-hybridized carbons (Fsp3) is 0.929. The standard InChI is InChI=1S/C14H26N2O3/c1-14(7-3-12(19-2)4-8-14)16-9-5-11(6-10-16)15-13(17)18/h11-12,15H,3-10H2,1-2H3,(H,17,18).